The maximum Gasteiger partial charge on any atom is 0.511 e. The molecule has 0 aromatic rings. The molecule has 1 aliphatic carbocycles. The van der Waals surface area contributed by atoms with Crippen LogP contribution in [0.25, 0.3) is 0 Å². The Balaban J connectivity index is 2.67. The van der Waals surface area contributed by atoms with Crippen LogP contribution in [0.5, 0.6) is 0 Å². The maximum absolute atomic E-state index is 12.6. The van der Waals surface area contributed by atoms with E-state index in [4.69, 9.17) is 13.7 Å². The van der Waals surface area contributed by atoms with E-state index in [0.29, 0.717) is 12.8 Å². The van der Waals surface area contributed by atoms with Crippen molar-refractivity contribution in [3.63, 3.8) is 0 Å². The minimum absolute atomic E-state index is 0.154. The van der Waals surface area contributed by atoms with Crippen molar-refractivity contribution in [1.29, 1.82) is 0 Å². The second-order valence-electron chi connectivity index (χ2n) is 8.53. The molecule has 11 nitrogen and oxygen atoms in total. The molecule has 0 bridgehead atoms. The number of esters is 1. The van der Waals surface area contributed by atoms with Crippen molar-refractivity contribution >= 4 is 28.1 Å². The molecule has 0 spiro atoms. The van der Waals surface area contributed by atoms with Gasteiger partial charge in [0.15, 0.2) is 6.10 Å². The van der Waals surface area contributed by atoms with Gasteiger partial charge in [0.25, 0.3) is 16.4 Å². The number of amides is 1. The lowest BCUT2D eigenvalue weighted by Gasteiger charge is -2.32. The van der Waals surface area contributed by atoms with Crippen LogP contribution in [0, 0.1) is 11.3 Å². The summed E-state index contributed by atoms with van der Waals surface area (Å²) in [6.45, 7) is 3.92. The van der Waals surface area contributed by atoms with Gasteiger partial charge in [-0.25, -0.2) is 9.59 Å². The van der Waals surface area contributed by atoms with Gasteiger partial charge in [-0.3, -0.25) is 8.98 Å². The van der Waals surface area contributed by atoms with Crippen molar-refractivity contribution in [3.05, 3.63) is 0 Å². The lowest BCUT2D eigenvalue weighted by molar-refractivity contribution is -0.197. The van der Waals surface area contributed by atoms with E-state index < -0.39 is 46.7 Å². The number of ether oxygens (including phenoxy) is 3. The van der Waals surface area contributed by atoms with Gasteiger partial charge in [-0.1, -0.05) is 33.1 Å². The Bertz CT molecular complexity index is 731. The van der Waals surface area contributed by atoms with E-state index in [1.165, 1.54) is 20.8 Å². The van der Waals surface area contributed by atoms with Gasteiger partial charge in [-0.2, -0.15) is 8.42 Å². The van der Waals surface area contributed by atoms with Gasteiger partial charge in [-0.15, -0.1) is 0 Å². The van der Waals surface area contributed by atoms with Crippen LogP contribution in [0.15, 0.2) is 0 Å². The highest BCUT2D eigenvalue weighted by atomic mass is 32.2. The summed E-state index contributed by atoms with van der Waals surface area (Å²) < 4.78 is 43.9. The molecule has 0 aromatic heterocycles. The van der Waals surface area contributed by atoms with Crippen molar-refractivity contribution in [2.45, 2.75) is 71.7 Å². The Morgan fingerprint density at radius 3 is 2.31 bits per heavy atom. The fourth-order valence-corrected chi connectivity index (χ4v) is 4.26. The number of aliphatic hydroxyl groups is 1. The molecule has 1 rings (SSSR count). The average Bonchev–Trinajstić information content (AvgIpc) is 2.74. The largest absolute Gasteiger partial charge is 0.511 e. The number of nitrogens with one attached hydrogen (secondary N) is 1. The summed E-state index contributed by atoms with van der Waals surface area (Å²) >= 11 is 0. The third kappa shape index (κ3) is 10.1. The molecule has 0 heterocycles. The monoisotopic (exact) mass is 481 g/mol. The van der Waals surface area contributed by atoms with Crippen molar-refractivity contribution in [2.75, 3.05) is 26.0 Å². The second-order valence-corrected chi connectivity index (χ2v) is 10.3. The fourth-order valence-electron chi connectivity index (χ4n) is 3.16. The van der Waals surface area contributed by atoms with E-state index in [1.807, 2.05) is 0 Å². The molecule has 2 atom stereocenters. The smallest absolute Gasteiger partial charge is 0.438 e. The summed E-state index contributed by atoms with van der Waals surface area (Å²) in [5.74, 6) is -1.88. The van der Waals surface area contributed by atoms with Gasteiger partial charge >= 0.3 is 12.1 Å². The summed E-state index contributed by atoms with van der Waals surface area (Å²) in [5, 5.41) is 13.0. The first-order chi connectivity index (χ1) is 14.9. The number of carbonyl (C=O) groups is 3. The first-order valence-electron chi connectivity index (χ1n) is 10.6. The normalized spacial score (nSPS) is 17.2. The van der Waals surface area contributed by atoms with Gasteiger partial charge in [0.1, 0.15) is 0 Å². The molecule has 0 radical (unpaired) electrons. The number of rotatable bonds is 12. The van der Waals surface area contributed by atoms with Gasteiger partial charge < -0.3 is 24.6 Å². The zero-order chi connectivity index (χ0) is 24.4. The molecule has 186 valence electrons. The van der Waals surface area contributed by atoms with Crippen LogP contribution in [0.1, 0.15) is 59.3 Å². The molecule has 12 heteroatoms. The predicted molar refractivity (Wildman–Crippen MR) is 113 cm³/mol. The fraction of sp³-hybridized carbons (Fsp3) is 0.850. The molecule has 1 saturated carbocycles. The van der Waals surface area contributed by atoms with Crippen molar-refractivity contribution in [1.82, 2.24) is 5.32 Å². The molecule has 1 aliphatic rings. The van der Waals surface area contributed by atoms with Gasteiger partial charge in [0.05, 0.1) is 19.5 Å². The number of hydrogen-bond donors (Lipinski definition) is 2. The second kappa shape index (κ2) is 12.9. The van der Waals surface area contributed by atoms with E-state index in [1.54, 1.807) is 0 Å². The number of aliphatic hydroxyl groups excluding tert-OH is 1. The molecular weight excluding hydrogens is 446 g/mol. The van der Waals surface area contributed by atoms with Crippen molar-refractivity contribution < 1.29 is 46.3 Å². The molecule has 32 heavy (non-hydrogen) atoms. The number of carbonyl (C=O) groups excluding carboxylic acids is 3. The van der Waals surface area contributed by atoms with Crippen LogP contribution in [-0.2, 0) is 38.1 Å². The molecule has 0 aromatic carbocycles. The highest BCUT2D eigenvalue weighted by Crippen LogP contribution is 2.30. The molecule has 1 unspecified atom stereocenters. The van der Waals surface area contributed by atoms with Crippen LogP contribution < -0.4 is 5.32 Å². The molecular formula is C20H35NO10S. The van der Waals surface area contributed by atoms with E-state index in [-0.39, 0.29) is 30.5 Å². The quantitative estimate of drug-likeness (QED) is 0.181. The lowest BCUT2D eigenvalue weighted by atomic mass is 9.87. The highest BCUT2D eigenvalue weighted by molar-refractivity contribution is 7.86. The third-order valence-electron chi connectivity index (χ3n) is 5.17. The van der Waals surface area contributed by atoms with Crippen LogP contribution in [-0.4, -0.2) is 70.0 Å². The summed E-state index contributed by atoms with van der Waals surface area (Å²) in [7, 11) is -2.80. The van der Waals surface area contributed by atoms with Gasteiger partial charge in [0, 0.05) is 24.8 Å². The molecule has 1 amide bonds. The Kier molecular flexibility index (Phi) is 11.4. The lowest BCUT2D eigenvalue weighted by Crippen LogP contribution is -2.44. The number of hydrogen-bond acceptors (Lipinski definition) is 10. The van der Waals surface area contributed by atoms with Gasteiger partial charge in [-0.05, 0) is 19.3 Å². The summed E-state index contributed by atoms with van der Waals surface area (Å²) in [5.41, 5.74) is -1.32. The SMILES string of the molecule is COC(=O)OC(OC(=O)[C@H](O)C(C)(C)COS(=O)(=O)CCCNC(C)=O)C1CCCCC1. The third-order valence-corrected chi connectivity index (χ3v) is 6.43. The standard InChI is InChI=1S/C20H35NO10S/c1-14(22)21-11-8-12-32(26,27)29-13-20(2,3)16(23)17(24)30-18(31-19(25)28-4)15-9-6-5-7-10-15/h15-16,18,23H,5-13H2,1-4H3,(H,21,22)/t16-,18?/m0/s1. The average molecular weight is 482 g/mol. The van der Waals surface area contributed by atoms with Crippen LogP contribution in [0.3, 0.4) is 0 Å². The van der Waals surface area contributed by atoms with E-state index >= 15 is 0 Å². The first-order valence-corrected chi connectivity index (χ1v) is 12.2. The minimum Gasteiger partial charge on any atom is -0.438 e. The Morgan fingerprint density at radius 1 is 1.12 bits per heavy atom. The van der Waals surface area contributed by atoms with E-state index in [0.717, 1.165) is 26.4 Å². The van der Waals surface area contributed by atoms with E-state index in [9.17, 15) is 27.9 Å². The molecule has 2 N–H and O–H groups in total. The zero-order valence-corrected chi connectivity index (χ0v) is 19.9. The first kappa shape index (κ1) is 28.1. The van der Waals surface area contributed by atoms with Gasteiger partial charge in [0.2, 0.25) is 5.91 Å². The Labute approximate surface area is 189 Å². The topological polar surface area (TPSA) is 155 Å². The molecule has 1 fully saturated rings. The summed E-state index contributed by atoms with van der Waals surface area (Å²) in [6.07, 6.45) is 0.403. The Hall–Kier alpha value is -1.92. The summed E-state index contributed by atoms with van der Waals surface area (Å²) in [6, 6.07) is 0. The van der Waals surface area contributed by atoms with Crippen LogP contribution in [0.2, 0.25) is 0 Å². The van der Waals surface area contributed by atoms with E-state index in [2.05, 4.69) is 10.1 Å². The minimum atomic E-state index is -3.93. The molecule has 0 aliphatic heterocycles. The Morgan fingerprint density at radius 2 is 1.75 bits per heavy atom. The summed E-state index contributed by atoms with van der Waals surface area (Å²) in [4.78, 5) is 34.9. The van der Waals surface area contributed by atoms with Crippen LogP contribution in [0.4, 0.5) is 4.79 Å². The maximum atomic E-state index is 12.6. The van der Waals surface area contributed by atoms with Crippen molar-refractivity contribution in [2.24, 2.45) is 11.3 Å². The zero-order valence-electron chi connectivity index (χ0n) is 19.1. The highest BCUT2D eigenvalue weighted by Gasteiger charge is 2.40. The van der Waals surface area contributed by atoms with Crippen molar-refractivity contribution in [3.8, 4) is 0 Å². The predicted octanol–water partition coefficient (Wildman–Crippen LogP) is 1.48. The number of methoxy groups -OCH3 is 1. The molecule has 0 saturated heterocycles. The van der Waals surface area contributed by atoms with Crippen LogP contribution >= 0.6 is 0 Å².